The second-order valence-electron chi connectivity index (χ2n) is 3.72. The molecule has 3 N–H and O–H groups in total. The predicted molar refractivity (Wildman–Crippen MR) is 58.3 cm³/mol. The minimum atomic E-state index is -0.794. The van der Waals surface area contributed by atoms with Gasteiger partial charge in [-0.15, -0.1) is 0 Å². The van der Waals surface area contributed by atoms with E-state index in [2.05, 4.69) is 12.2 Å². The van der Waals surface area contributed by atoms with E-state index in [1.165, 1.54) is 0 Å². The summed E-state index contributed by atoms with van der Waals surface area (Å²) in [5.41, 5.74) is 5.09. The maximum Gasteiger partial charge on any atom is 0.242 e. The zero-order valence-electron chi connectivity index (χ0n) is 8.71. The van der Waals surface area contributed by atoms with E-state index >= 15 is 0 Å². The molecule has 5 heteroatoms. The number of hydrogen-bond donors (Lipinski definition) is 2. The molecular formula is C9H18N2O2S. The number of amides is 1. The van der Waals surface area contributed by atoms with E-state index in [1.54, 1.807) is 11.8 Å². The molecular weight excluding hydrogens is 200 g/mol. The van der Waals surface area contributed by atoms with Crippen LogP contribution in [0.2, 0.25) is 0 Å². The van der Waals surface area contributed by atoms with Crippen molar-refractivity contribution in [3.63, 3.8) is 0 Å². The van der Waals surface area contributed by atoms with Crippen molar-refractivity contribution in [2.24, 2.45) is 5.73 Å². The second kappa shape index (κ2) is 5.00. The van der Waals surface area contributed by atoms with Crippen molar-refractivity contribution in [2.45, 2.75) is 24.1 Å². The van der Waals surface area contributed by atoms with Gasteiger partial charge in [-0.05, 0) is 12.7 Å². The number of rotatable bonds is 4. The van der Waals surface area contributed by atoms with Gasteiger partial charge in [-0.3, -0.25) is 4.79 Å². The fourth-order valence-corrected chi connectivity index (χ4v) is 1.51. The van der Waals surface area contributed by atoms with Gasteiger partial charge in [-0.25, -0.2) is 0 Å². The van der Waals surface area contributed by atoms with Gasteiger partial charge in [-0.2, -0.15) is 11.8 Å². The highest BCUT2D eigenvalue weighted by Gasteiger charge is 2.38. The smallest absolute Gasteiger partial charge is 0.242 e. The molecule has 1 saturated heterocycles. The standard InChI is InChI=1S/C9H18N2O2S/c1-7(14-2)5-11-8(12)9(10)3-4-13-6-9/h7H,3-6,10H2,1-2H3,(H,11,12). The van der Waals surface area contributed by atoms with Crippen molar-refractivity contribution >= 4 is 17.7 Å². The monoisotopic (exact) mass is 218 g/mol. The van der Waals surface area contributed by atoms with Crippen molar-refractivity contribution in [1.29, 1.82) is 0 Å². The molecule has 0 aromatic rings. The lowest BCUT2D eigenvalue weighted by Gasteiger charge is -2.21. The SMILES string of the molecule is CSC(C)CNC(=O)C1(N)CCOC1. The summed E-state index contributed by atoms with van der Waals surface area (Å²) in [4.78, 5) is 11.7. The molecule has 14 heavy (non-hydrogen) atoms. The van der Waals surface area contributed by atoms with Crippen LogP contribution in [-0.2, 0) is 9.53 Å². The van der Waals surface area contributed by atoms with Crippen LogP contribution in [0.5, 0.6) is 0 Å². The topological polar surface area (TPSA) is 64.4 Å². The molecule has 1 fully saturated rings. The summed E-state index contributed by atoms with van der Waals surface area (Å²) in [6, 6.07) is 0. The molecule has 2 atom stereocenters. The van der Waals surface area contributed by atoms with Crippen LogP contribution >= 0.6 is 11.8 Å². The predicted octanol–water partition coefficient (Wildman–Crippen LogP) is -0.0281. The first-order chi connectivity index (χ1) is 6.58. The van der Waals surface area contributed by atoms with E-state index < -0.39 is 5.54 Å². The summed E-state index contributed by atoms with van der Waals surface area (Å²) < 4.78 is 5.12. The lowest BCUT2D eigenvalue weighted by Crippen LogP contribution is -2.55. The minimum Gasteiger partial charge on any atom is -0.379 e. The molecule has 0 radical (unpaired) electrons. The van der Waals surface area contributed by atoms with Crippen LogP contribution in [0.3, 0.4) is 0 Å². The molecule has 0 bridgehead atoms. The van der Waals surface area contributed by atoms with Gasteiger partial charge in [0.05, 0.1) is 6.61 Å². The van der Waals surface area contributed by atoms with Crippen molar-refractivity contribution in [3.8, 4) is 0 Å². The summed E-state index contributed by atoms with van der Waals surface area (Å²) in [5.74, 6) is -0.0871. The summed E-state index contributed by atoms with van der Waals surface area (Å²) in [6.07, 6.45) is 2.64. The van der Waals surface area contributed by atoms with Crippen LogP contribution in [-0.4, -0.2) is 42.7 Å². The summed E-state index contributed by atoms with van der Waals surface area (Å²) in [5, 5.41) is 3.27. The number of thioether (sulfide) groups is 1. The number of carbonyl (C=O) groups is 1. The van der Waals surface area contributed by atoms with Crippen LogP contribution in [0.15, 0.2) is 0 Å². The summed E-state index contributed by atoms with van der Waals surface area (Å²) in [7, 11) is 0. The van der Waals surface area contributed by atoms with E-state index in [9.17, 15) is 4.79 Å². The number of carbonyl (C=O) groups excluding carboxylic acids is 1. The van der Waals surface area contributed by atoms with Gasteiger partial charge in [0.15, 0.2) is 0 Å². The third-order valence-electron chi connectivity index (χ3n) is 2.46. The van der Waals surface area contributed by atoms with Crippen LogP contribution in [0, 0.1) is 0 Å². The molecule has 0 saturated carbocycles. The minimum absolute atomic E-state index is 0.0871. The number of nitrogens with one attached hydrogen (secondary N) is 1. The molecule has 0 aromatic heterocycles. The van der Waals surface area contributed by atoms with Gasteiger partial charge in [0.1, 0.15) is 5.54 Å². The van der Waals surface area contributed by atoms with E-state index in [-0.39, 0.29) is 5.91 Å². The van der Waals surface area contributed by atoms with Gasteiger partial charge in [-0.1, -0.05) is 6.92 Å². The molecule has 1 aliphatic heterocycles. The Morgan fingerprint density at radius 2 is 2.50 bits per heavy atom. The Bertz CT molecular complexity index is 205. The Hall–Kier alpha value is -0.260. The highest BCUT2D eigenvalue weighted by Crippen LogP contribution is 2.15. The van der Waals surface area contributed by atoms with Crippen LogP contribution in [0.4, 0.5) is 0 Å². The maximum absolute atomic E-state index is 11.7. The highest BCUT2D eigenvalue weighted by atomic mass is 32.2. The third kappa shape index (κ3) is 2.87. The Morgan fingerprint density at radius 1 is 1.79 bits per heavy atom. The fraction of sp³-hybridized carbons (Fsp3) is 0.889. The largest absolute Gasteiger partial charge is 0.379 e. The highest BCUT2D eigenvalue weighted by molar-refractivity contribution is 7.99. The van der Waals surface area contributed by atoms with E-state index in [1.807, 2.05) is 6.26 Å². The molecule has 0 aromatic carbocycles. The molecule has 1 heterocycles. The summed E-state index contributed by atoms with van der Waals surface area (Å²) >= 11 is 1.72. The Labute approximate surface area is 88.9 Å². The first-order valence-electron chi connectivity index (χ1n) is 4.76. The first kappa shape index (κ1) is 11.8. The van der Waals surface area contributed by atoms with Crippen LogP contribution in [0.1, 0.15) is 13.3 Å². The van der Waals surface area contributed by atoms with E-state index in [0.717, 1.165) is 0 Å². The van der Waals surface area contributed by atoms with Crippen LogP contribution in [0.25, 0.3) is 0 Å². The Kier molecular flexibility index (Phi) is 4.22. The Morgan fingerprint density at radius 3 is 3.00 bits per heavy atom. The van der Waals surface area contributed by atoms with Crippen molar-refractivity contribution < 1.29 is 9.53 Å². The zero-order chi connectivity index (χ0) is 10.6. The average molecular weight is 218 g/mol. The van der Waals surface area contributed by atoms with Gasteiger partial charge in [0.25, 0.3) is 0 Å². The number of ether oxygens (including phenoxy) is 1. The Balaban J connectivity index is 2.34. The van der Waals surface area contributed by atoms with Crippen molar-refractivity contribution in [1.82, 2.24) is 5.32 Å². The van der Waals surface area contributed by atoms with E-state index in [0.29, 0.717) is 31.4 Å². The van der Waals surface area contributed by atoms with Crippen molar-refractivity contribution in [3.05, 3.63) is 0 Å². The molecule has 1 aliphatic rings. The van der Waals surface area contributed by atoms with Gasteiger partial charge < -0.3 is 15.8 Å². The van der Waals surface area contributed by atoms with Gasteiger partial charge in [0, 0.05) is 18.4 Å². The molecule has 4 nitrogen and oxygen atoms in total. The quantitative estimate of drug-likeness (QED) is 0.695. The third-order valence-corrected chi connectivity index (χ3v) is 3.43. The number of hydrogen-bond acceptors (Lipinski definition) is 4. The molecule has 82 valence electrons. The maximum atomic E-state index is 11.7. The van der Waals surface area contributed by atoms with Crippen LogP contribution < -0.4 is 11.1 Å². The van der Waals surface area contributed by atoms with Crippen molar-refractivity contribution in [2.75, 3.05) is 26.0 Å². The van der Waals surface area contributed by atoms with Gasteiger partial charge >= 0.3 is 0 Å². The molecule has 1 rings (SSSR count). The normalized spacial score (nSPS) is 28.8. The number of nitrogens with two attached hydrogens (primary N) is 1. The lowest BCUT2D eigenvalue weighted by molar-refractivity contribution is -0.126. The average Bonchev–Trinajstić information content (AvgIpc) is 2.62. The summed E-state index contributed by atoms with van der Waals surface area (Å²) in [6.45, 7) is 3.66. The van der Waals surface area contributed by atoms with E-state index in [4.69, 9.17) is 10.5 Å². The fourth-order valence-electron chi connectivity index (χ4n) is 1.26. The lowest BCUT2D eigenvalue weighted by atomic mass is 9.99. The second-order valence-corrected chi connectivity index (χ2v) is 4.99. The molecule has 1 amide bonds. The zero-order valence-corrected chi connectivity index (χ0v) is 9.52. The van der Waals surface area contributed by atoms with Gasteiger partial charge in [0.2, 0.25) is 5.91 Å². The molecule has 0 aliphatic carbocycles. The molecule has 0 spiro atoms. The first-order valence-corrected chi connectivity index (χ1v) is 6.05. The molecule has 2 unspecified atom stereocenters.